The van der Waals surface area contributed by atoms with Gasteiger partial charge < -0.3 is 10.1 Å². The van der Waals surface area contributed by atoms with E-state index in [1.165, 1.54) is 18.4 Å². The molecule has 2 heteroatoms. The van der Waals surface area contributed by atoms with Crippen molar-refractivity contribution in [2.75, 3.05) is 13.7 Å². The summed E-state index contributed by atoms with van der Waals surface area (Å²) in [6.07, 6.45) is 2.42. The van der Waals surface area contributed by atoms with Gasteiger partial charge in [0.25, 0.3) is 0 Å². The number of rotatable bonds is 2. The van der Waals surface area contributed by atoms with Crippen LogP contribution in [0.15, 0.2) is 24.3 Å². The number of hydrogen-bond acceptors (Lipinski definition) is 2. The summed E-state index contributed by atoms with van der Waals surface area (Å²) in [5, 5.41) is 3.48. The molecule has 0 radical (unpaired) electrons. The first kappa shape index (κ1) is 10.5. The Morgan fingerprint density at radius 2 is 2.13 bits per heavy atom. The lowest BCUT2D eigenvalue weighted by Gasteiger charge is -2.29. The molecule has 0 saturated carbocycles. The fourth-order valence-electron chi connectivity index (χ4n) is 2.42. The minimum absolute atomic E-state index is 0.619. The molecule has 1 aliphatic rings. The average molecular weight is 205 g/mol. The Labute approximate surface area is 91.6 Å². The fraction of sp³-hybridized carbons (Fsp3) is 0.538. The molecule has 0 amide bonds. The molecule has 1 fully saturated rings. The molecule has 2 rings (SSSR count). The van der Waals surface area contributed by atoms with Gasteiger partial charge in [-0.25, -0.2) is 0 Å². The Bertz CT molecular complexity index is 324. The average Bonchev–Trinajstić information content (AvgIpc) is 2.29. The second-order valence-corrected chi connectivity index (χ2v) is 4.32. The van der Waals surface area contributed by atoms with Crippen molar-refractivity contribution in [3.63, 3.8) is 0 Å². The van der Waals surface area contributed by atoms with Crippen LogP contribution in [-0.2, 0) is 0 Å². The minimum Gasteiger partial charge on any atom is -0.496 e. The third kappa shape index (κ3) is 2.32. The number of para-hydroxylation sites is 1. The number of nitrogens with one attached hydrogen (secondary N) is 1. The molecule has 0 bridgehead atoms. The van der Waals surface area contributed by atoms with Crippen LogP contribution < -0.4 is 10.1 Å². The predicted molar refractivity (Wildman–Crippen MR) is 62.4 cm³/mol. The molecular weight excluding hydrogens is 186 g/mol. The Morgan fingerprint density at radius 1 is 1.33 bits per heavy atom. The summed E-state index contributed by atoms with van der Waals surface area (Å²) in [6.45, 7) is 3.37. The molecule has 1 aromatic rings. The van der Waals surface area contributed by atoms with Crippen LogP contribution in [-0.4, -0.2) is 19.7 Å². The van der Waals surface area contributed by atoms with Gasteiger partial charge in [-0.1, -0.05) is 18.2 Å². The SMILES string of the molecule is COc1ccccc1C1CCNC(C)C1. The lowest BCUT2D eigenvalue weighted by atomic mass is 9.86. The fourth-order valence-corrected chi connectivity index (χ4v) is 2.42. The quantitative estimate of drug-likeness (QED) is 0.801. The summed E-state index contributed by atoms with van der Waals surface area (Å²) >= 11 is 0. The van der Waals surface area contributed by atoms with Crippen molar-refractivity contribution in [1.82, 2.24) is 5.32 Å². The molecule has 1 saturated heterocycles. The van der Waals surface area contributed by atoms with Crippen LogP contribution in [0.4, 0.5) is 0 Å². The number of hydrogen-bond donors (Lipinski definition) is 1. The van der Waals surface area contributed by atoms with Crippen LogP contribution in [0.3, 0.4) is 0 Å². The highest BCUT2D eigenvalue weighted by atomic mass is 16.5. The normalized spacial score (nSPS) is 26.3. The minimum atomic E-state index is 0.619. The van der Waals surface area contributed by atoms with E-state index in [0.717, 1.165) is 12.3 Å². The molecule has 0 spiro atoms. The molecule has 15 heavy (non-hydrogen) atoms. The van der Waals surface area contributed by atoms with E-state index in [0.29, 0.717) is 12.0 Å². The maximum absolute atomic E-state index is 5.41. The molecule has 2 nitrogen and oxygen atoms in total. The molecule has 2 unspecified atom stereocenters. The summed E-state index contributed by atoms with van der Waals surface area (Å²) in [5.74, 6) is 1.69. The summed E-state index contributed by atoms with van der Waals surface area (Å²) in [7, 11) is 1.75. The predicted octanol–water partition coefficient (Wildman–Crippen LogP) is 2.55. The first-order chi connectivity index (χ1) is 7.31. The van der Waals surface area contributed by atoms with Crippen LogP contribution >= 0.6 is 0 Å². The van der Waals surface area contributed by atoms with Gasteiger partial charge in [-0.05, 0) is 43.9 Å². The van der Waals surface area contributed by atoms with E-state index in [9.17, 15) is 0 Å². The first-order valence-corrected chi connectivity index (χ1v) is 5.67. The van der Waals surface area contributed by atoms with E-state index >= 15 is 0 Å². The summed E-state index contributed by atoms with van der Waals surface area (Å²) in [4.78, 5) is 0. The third-order valence-corrected chi connectivity index (χ3v) is 3.20. The standard InChI is InChI=1S/C13H19NO/c1-10-9-11(7-8-14-10)12-5-3-4-6-13(12)15-2/h3-6,10-11,14H,7-9H2,1-2H3. The smallest absolute Gasteiger partial charge is 0.122 e. The monoisotopic (exact) mass is 205 g/mol. The summed E-state index contributed by atoms with van der Waals surface area (Å²) < 4.78 is 5.41. The van der Waals surface area contributed by atoms with E-state index < -0.39 is 0 Å². The van der Waals surface area contributed by atoms with Crippen LogP contribution in [0.1, 0.15) is 31.2 Å². The maximum atomic E-state index is 5.41. The molecule has 1 N–H and O–H groups in total. The van der Waals surface area contributed by atoms with Gasteiger partial charge >= 0.3 is 0 Å². The molecule has 1 aromatic carbocycles. The van der Waals surface area contributed by atoms with Crippen LogP contribution in [0.5, 0.6) is 5.75 Å². The van der Waals surface area contributed by atoms with Gasteiger partial charge in [-0.3, -0.25) is 0 Å². The van der Waals surface area contributed by atoms with Crippen LogP contribution in [0.2, 0.25) is 0 Å². The van der Waals surface area contributed by atoms with Crippen molar-refractivity contribution in [1.29, 1.82) is 0 Å². The number of ether oxygens (including phenoxy) is 1. The Hall–Kier alpha value is -1.02. The zero-order chi connectivity index (χ0) is 10.7. The first-order valence-electron chi connectivity index (χ1n) is 5.67. The van der Waals surface area contributed by atoms with Crippen molar-refractivity contribution in [3.8, 4) is 5.75 Å². The third-order valence-electron chi connectivity index (χ3n) is 3.20. The topological polar surface area (TPSA) is 21.3 Å². The van der Waals surface area contributed by atoms with E-state index in [1.54, 1.807) is 7.11 Å². The highest BCUT2D eigenvalue weighted by Gasteiger charge is 2.21. The lowest BCUT2D eigenvalue weighted by Crippen LogP contribution is -2.34. The zero-order valence-electron chi connectivity index (χ0n) is 9.49. The van der Waals surface area contributed by atoms with Crippen molar-refractivity contribution in [3.05, 3.63) is 29.8 Å². The maximum Gasteiger partial charge on any atom is 0.122 e. The zero-order valence-corrected chi connectivity index (χ0v) is 9.49. The summed E-state index contributed by atoms with van der Waals surface area (Å²) in [5.41, 5.74) is 1.37. The Morgan fingerprint density at radius 3 is 2.87 bits per heavy atom. The molecule has 0 aliphatic carbocycles. The number of piperidine rings is 1. The van der Waals surface area contributed by atoms with Gasteiger partial charge in [0.2, 0.25) is 0 Å². The number of methoxy groups -OCH3 is 1. The molecule has 1 aliphatic heterocycles. The number of benzene rings is 1. The summed E-state index contributed by atoms with van der Waals surface area (Å²) in [6, 6.07) is 9.01. The van der Waals surface area contributed by atoms with E-state index in [4.69, 9.17) is 4.74 Å². The van der Waals surface area contributed by atoms with Crippen molar-refractivity contribution in [2.24, 2.45) is 0 Å². The van der Waals surface area contributed by atoms with Gasteiger partial charge in [0.05, 0.1) is 7.11 Å². The molecule has 1 heterocycles. The lowest BCUT2D eigenvalue weighted by molar-refractivity contribution is 0.361. The molecule has 82 valence electrons. The van der Waals surface area contributed by atoms with Crippen molar-refractivity contribution < 1.29 is 4.74 Å². The second kappa shape index (κ2) is 4.67. The second-order valence-electron chi connectivity index (χ2n) is 4.32. The van der Waals surface area contributed by atoms with Gasteiger partial charge in [-0.2, -0.15) is 0 Å². The van der Waals surface area contributed by atoms with E-state index in [-0.39, 0.29) is 0 Å². The van der Waals surface area contributed by atoms with Crippen molar-refractivity contribution in [2.45, 2.75) is 31.7 Å². The van der Waals surface area contributed by atoms with Crippen LogP contribution in [0, 0.1) is 0 Å². The van der Waals surface area contributed by atoms with Gasteiger partial charge in [0.15, 0.2) is 0 Å². The largest absolute Gasteiger partial charge is 0.496 e. The molecular formula is C13H19NO. The van der Waals surface area contributed by atoms with Crippen molar-refractivity contribution >= 4 is 0 Å². The molecule has 0 aromatic heterocycles. The van der Waals surface area contributed by atoms with Crippen LogP contribution in [0.25, 0.3) is 0 Å². The van der Waals surface area contributed by atoms with Gasteiger partial charge in [0, 0.05) is 6.04 Å². The Kier molecular flexibility index (Phi) is 3.27. The van der Waals surface area contributed by atoms with E-state index in [1.807, 2.05) is 6.07 Å². The van der Waals surface area contributed by atoms with Gasteiger partial charge in [0.1, 0.15) is 5.75 Å². The highest BCUT2D eigenvalue weighted by molar-refractivity contribution is 5.36. The van der Waals surface area contributed by atoms with Gasteiger partial charge in [-0.15, -0.1) is 0 Å². The Balaban J connectivity index is 2.20. The highest BCUT2D eigenvalue weighted by Crippen LogP contribution is 2.33. The molecule has 2 atom stereocenters. The van der Waals surface area contributed by atoms with E-state index in [2.05, 4.69) is 30.4 Å².